The molecule has 0 aromatic carbocycles. The fraction of sp³-hybridized carbons (Fsp3) is 0.867. The number of piperidine rings is 1. The number of carboxylic acids is 1. The average Bonchev–Trinajstić information content (AvgIpc) is 2.86. The monoisotopic (exact) mass is 282 g/mol. The fourth-order valence-corrected chi connectivity index (χ4v) is 3.55. The van der Waals surface area contributed by atoms with E-state index in [2.05, 4.69) is 6.92 Å². The van der Waals surface area contributed by atoms with Gasteiger partial charge < -0.3 is 14.9 Å². The molecular formula is C15H26N2O3. The summed E-state index contributed by atoms with van der Waals surface area (Å²) in [6, 6.07) is 0.323. The van der Waals surface area contributed by atoms with Crippen molar-refractivity contribution in [3.8, 4) is 0 Å². The molecule has 20 heavy (non-hydrogen) atoms. The third kappa shape index (κ3) is 3.44. The zero-order valence-electron chi connectivity index (χ0n) is 12.4. The van der Waals surface area contributed by atoms with Crippen molar-refractivity contribution in [2.45, 2.75) is 70.4 Å². The predicted molar refractivity (Wildman–Crippen MR) is 76.6 cm³/mol. The lowest BCUT2D eigenvalue weighted by Crippen LogP contribution is -2.51. The summed E-state index contributed by atoms with van der Waals surface area (Å²) >= 11 is 0. The highest BCUT2D eigenvalue weighted by Crippen LogP contribution is 2.27. The summed E-state index contributed by atoms with van der Waals surface area (Å²) in [5.74, 6) is -0.807. The molecule has 0 bridgehead atoms. The number of carbonyl (C=O) groups is 2. The number of rotatable bonds is 4. The van der Waals surface area contributed by atoms with E-state index in [1.54, 1.807) is 0 Å². The average molecular weight is 282 g/mol. The first-order chi connectivity index (χ1) is 9.63. The second-order valence-electron chi connectivity index (χ2n) is 6.00. The number of aliphatic carboxylic acids is 1. The smallest absolute Gasteiger partial charge is 0.320 e. The molecule has 2 rings (SSSR count). The van der Waals surface area contributed by atoms with Gasteiger partial charge in [0.1, 0.15) is 0 Å². The molecule has 2 heterocycles. The van der Waals surface area contributed by atoms with Crippen molar-refractivity contribution in [1.29, 1.82) is 0 Å². The Morgan fingerprint density at radius 1 is 1.05 bits per heavy atom. The lowest BCUT2D eigenvalue weighted by Gasteiger charge is -2.39. The van der Waals surface area contributed by atoms with Crippen LogP contribution in [0.4, 0.5) is 4.79 Å². The molecule has 2 amide bonds. The summed E-state index contributed by atoms with van der Waals surface area (Å²) in [5.41, 5.74) is 0. The molecule has 0 saturated carbocycles. The predicted octanol–water partition coefficient (Wildman–Crippen LogP) is 2.70. The Morgan fingerprint density at radius 3 is 2.40 bits per heavy atom. The Bertz CT molecular complexity index is 357. The highest BCUT2D eigenvalue weighted by molar-refractivity contribution is 5.77. The molecule has 1 N–H and O–H groups in total. The van der Waals surface area contributed by atoms with Gasteiger partial charge in [0.15, 0.2) is 0 Å². The van der Waals surface area contributed by atoms with E-state index in [0.29, 0.717) is 12.6 Å². The number of nitrogens with zero attached hydrogens (tertiary/aromatic N) is 2. The van der Waals surface area contributed by atoms with Crippen molar-refractivity contribution >= 4 is 12.0 Å². The van der Waals surface area contributed by atoms with Crippen LogP contribution in [0.1, 0.15) is 58.3 Å². The summed E-state index contributed by atoms with van der Waals surface area (Å²) in [6.45, 7) is 3.70. The molecule has 0 spiro atoms. The van der Waals surface area contributed by atoms with Gasteiger partial charge in [0.05, 0.1) is 6.42 Å². The zero-order valence-corrected chi connectivity index (χ0v) is 12.4. The van der Waals surface area contributed by atoms with Crippen molar-refractivity contribution in [1.82, 2.24) is 9.80 Å². The van der Waals surface area contributed by atoms with Crippen LogP contribution >= 0.6 is 0 Å². The molecule has 2 saturated heterocycles. The summed E-state index contributed by atoms with van der Waals surface area (Å²) in [7, 11) is 0. The maximum absolute atomic E-state index is 12.7. The number of carbonyl (C=O) groups excluding carboxylic acids is 1. The van der Waals surface area contributed by atoms with Gasteiger partial charge in [-0.15, -0.1) is 0 Å². The van der Waals surface area contributed by atoms with Crippen LogP contribution in [-0.4, -0.2) is 52.1 Å². The summed E-state index contributed by atoms with van der Waals surface area (Å²) in [6.07, 6.45) is 7.35. The molecule has 114 valence electrons. The van der Waals surface area contributed by atoms with Gasteiger partial charge in [0, 0.05) is 25.2 Å². The second kappa shape index (κ2) is 6.95. The van der Waals surface area contributed by atoms with Gasteiger partial charge in [-0.2, -0.15) is 0 Å². The number of likely N-dealkylation sites (tertiary alicyclic amines) is 2. The molecule has 2 aliphatic heterocycles. The number of carboxylic acid groups (broad SMARTS) is 1. The van der Waals surface area contributed by atoms with Crippen LogP contribution in [-0.2, 0) is 4.79 Å². The minimum absolute atomic E-state index is 0.0758. The van der Waals surface area contributed by atoms with Crippen LogP contribution in [0.5, 0.6) is 0 Å². The number of hydrogen-bond donors (Lipinski definition) is 1. The van der Waals surface area contributed by atoms with Crippen molar-refractivity contribution in [3.63, 3.8) is 0 Å². The van der Waals surface area contributed by atoms with Crippen LogP contribution < -0.4 is 0 Å². The van der Waals surface area contributed by atoms with Crippen LogP contribution in [0.25, 0.3) is 0 Å². The molecule has 0 aliphatic carbocycles. The fourth-order valence-electron chi connectivity index (χ4n) is 3.55. The second-order valence-corrected chi connectivity index (χ2v) is 6.00. The van der Waals surface area contributed by atoms with E-state index in [9.17, 15) is 9.59 Å². The largest absolute Gasteiger partial charge is 0.481 e. The van der Waals surface area contributed by atoms with Crippen molar-refractivity contribution < 1.29 is 14.7 Å². The minimum Gasteiger partial charge on any atom is -0.481 e. The Kier molecular flexibility index (Phi) is 5.26. The molecule has 2 fully saturated rings. The van der Waals surface area contributed by atoms with Crippen LogP contribution in [0.15, 0.2) is 0 Å². The van der Waals surface area contributed by atoms with Gasteiger partial charge in [-0.25, -0.2) is 4.79 Å². The van der Waals surface area contributed by atoms with E-state index in [-0.39, 0.29) is 18.5 Å². The first-order valence-corrected chi connectivity index (χ1v) is 7.92. The Balaban J connectivity index is 2.02. The highest BCUT2D eigenvalue weighted by Gasteiger charge is 2.36. The van der Waals surface area contributed by atoms with E-state index in [4.69, 9.17) is 5.11 Å². The molecule has 2 aliphatic rings. The van der Waals surface area contributed by atoms with E-state index in [1.807, 2.05) is 9.80 Å². The van der Waals surface area contributed by atoms with E-state index in [1.165, 1.54) is 6.42 Å². The topological polar surface area (TPSA) is 60.9 Å². The highest BCUT2D eigenvalue weighted by atomic mass is 16.4. The molecule has 0 radical (unpaired) electrons. The van der Waals surface area contributed by atoms with Gasteiger partial charge >= 0.3 is 12.0 Å². The number of hydrogen-bond acceptors (Lipinski definition) is 2. The van der Waals surface area contributed by atoms with Gasteiger partial charge in [-0.05, 0) is 38.5 Å². The summed E-state index contributed by atoms with van der Waals surface area (Å²) in [4.78, 5) is 27.5. The van der Waals surface area contributed by atoms with Gasteiger partial charge in [0.2, 0.25) is 0 Å². The number of urea groups is 1. The Labute approximate surface area is 120 Å². The zero-order chi connectivity index (χ0) is 14.5. The first-order valence-electron chi connectivity index (χ1n) is 7.92. The van der Waals surface area contributed by atoms with Crippen molar-refractivity contribution in [2.75, 3.05) is 13.1 Å². The molecule has 2 atom stereocenters. The van der Waals surface area contributed by atoms with Gasteiger partial charge in [-0.3, -0.25) is 4.79 Å². The summed E-state index contributed by atoms with van der Waals surface area (Å²) < 4.78 is 0. The third-order valence-electron chi connectivity index (χ3n) is 4.53. The van der Waals surface area contributed by atoms with Crippen molar-refractivity contribution in [3.05, 3.63) is 0 Å². The van der Waals surface area contributed by atoms with Gasteiger partial charge in [-0.1, -0.05) is 13.3 Å². The van der Waals surface area contributed by atoms with Gasteiger partial charge in [0.25, 0.3) is 0 Å². The van der Waals surface area contributed by atoms with Crippen LogP contribution in [0.2, 0.25) is 0 Å². The van der Waals surface area contributed by atoms with Crippen molar-refractivity contribution in [2.24, 2.45) is 0 Å². The van der Waals surface area contributed by atoms with E-state index in [0.717, 1.165) is 45.1 Å². The normalized spacial score (nSPS) is 26.9. The van der Waals surface area contributed by atoms with Crippen LogP contribution in [0.3, 0.4) is 0 Å². The lowest BCUT2D eigenvalue weighted by atomic mass is 9.98. The van der Waals surface area contributed by atoms with Crippen LogP contribution in [0, 0.1) is 0 Å². The maximum Gasteiger partial charge on any atom is 0.320 e. The number of amides is 2. The molecular weight excluding hydrogens is 256 g/mol. The SMILES string of the molecule is CCCC1CCCCN1C(=O)N1CCCC1CC(=O)O. The molecule has 0 aromatic rings. The minimum atomic E-state index is -0.807. The summed E-state index contributed by atoms with van der Waals surface area (Å²) in [5, 5.41) is 8.97. The van der Waals surface area contributed by atoms with E-state index >= 15 is 0 Å². The lowest BCUT2D eigenvalue weighted by molar-refractivity contribution is -0.138. The molecule has 2 unspecified atom stereocenters. The van der Waals surface area contributed by atoms with E-state index < -0.39 is 5.97 Å². The molecule has 0 aromatic heterocycles. The molecule has 5 heteroatoms. The standard InChI is InChI=1S/C15H26N2O3/c1-2-6-12-7-3-4-9-16(12)15(20)17-10-5-8-13(17)11-14(18)19/h12-13H,2-11H2,1H3,(H,18,19). The Morgan fingerprint density at radius 2 is 1.70 bits per heavy atom. The molecule has 5 nitrogen and oxygen atoms in total. The quantitative estimate of drug-likeness (QED) is 0.862. The maximum atomic E-state index is 12.7. The third-order valence-corrected chi connectivity index (χ3v) is 4.53. The first kappa shape index (κ1) is 15.1. The Hall–Kier alpha value is -1.26.